The fourth-order valence-electron chi connectivity index (χ4n) is 6.68. The standard InChI is InChI=1S/C32H45F3N4O6S/c1-22-20-27(39(24(3)41)15-17-45-18-16-40)21-23(2)28(22)9-19-46(43,44)38-13-11-31(12-14-38)30(42)36-29(37-31)26-6-4-25(5-7-26)8-10-32(33,34)35/h9,19-21,25-26,40H,4-8,10-18H2,1-3H3,(H,36,37,42). The zero-order chi connectivity index (χ0) is 33.7. The van der Waals surface area contributed by atoms with Gasteiger partial charge in [-0.25, -0.2) is 8.42 Å². The van der Waals surface area contributed by atoms with Gasteiger partial charge in [0.15, 0.2) is 0 Å². The smallest absolute Gasteiger partial charge is 0.389 e. The third-order valence-electron chi connectivity index (χ3n) is 9.35. The van der Waals surface area contributed by atoms with E-state index >= 15 is 0 Å². The molecule has 0 radical (unpaired) electrons. The molecule has 2 heterocycles. The van der Waals surface area contributed by atoms with E-state index in [0.29, 0.717) is 43.8 Å². The van der Waals surface area contributed by atoms with Crippen LogP contribution in [0.5, 0.6) is 0 Å². The van der Waals surface area contributed by atoms with E-state index in [4.69, 9.17) is 14.8 Å². The molecule has 2 amide bonds. The number of amidine groups is 1. The van der Waals surface area contributed by atoms with Crippen LogP contribution in [0.2, 0.25) is 0 Å². The lowest BCUT2D eigenvalue weighted by molar-refractivity contribution is -0.138. The van der Waals surface area contributed by atoms with Gasteiger partial charge in [0.25, 0.3) is 5.91 Å². The molecule has 0 aromatic heterocycles. The SMILES string of the molecule is CC(=O)N(CCOCCO)c1cc(C)c(C=CS(=O)(=O)N2CCC3(CC2)N=C(C2CCC(CCC(F)(F)F)CC2)NC3=O)c(C)c1. The van der Waals surface area contributed by atoms with Crippen molar-refractivity contribution in [2.45, 2.75) is 83.9 Å². The van der Waals surface area contributed by atoms with Gasteiger partial charge in [0.1, 0.15) is 11.4 Å². The topological polar surface area (TPSA) is 129 Å². The lowest BCUT2D eigenvalue weighted by Crippen LogP contribution is -2.50. The number of nitrogens with one attached hydrogen (secondary N) is 1. The number of hydrogen-bond donors (Lipinski definition) is 2. The number of sulfonamides is 1. The molecule has 4 rings (SSSR count). The second kappa shape index (κ2) is 15.0. The summed E-state index contributed by atoms with van der Waals surface area (Å²) in [6.45, 7) is 6.05. The van der Waals surface area contributed by atoms with Gasteiger partial charge in [0.2, 0.25) is 15.9 Å². The highest BCUT2D eigenvalue weighted by Crippen LogP contribution is 2.38. The van der Waals surface area contributed by atoms with E-state index < -0.39 is 28.2 Å². The molecule has 46 heavy (non-hydrogen) atoms. The molecule has 1 spiro atoms. The zero-order valence-electron chi connectivity index (χ0n) is 26.7. The monoisotopic (exact) mass is 670 g/mol. The molecule has 1 saturated carbocycles. The van der Waals surface area contributed by atoms with E-state index in [0.717, 1.165) is 16.7 Å². The molecular weight excluding hydrogens is 625 g/mol. The molecule has 2 aliphatic heterocycles. The summed E-state index contributed by atoms with van der Waals surface area (Å²) in [5, 5.41) is 13.0. The van der Waals surface area contributed by atoms with Gasteiger partial charge in [-0.05, 0) is 99.6 Å². The molecule has 0 bridgehead atoms. The summed E-state index contributed by atoms with van der Waals surface area (Å²) in [5.41, 5.74) is 1.95. The minimum Gasteiger partial charge on any atom is -0.394 e. The summed E-state index contributed by atoms with van der Waals surface area (Å²) >= 11 is 0. The van der Waals surface area contributed by atoms with Crippen molar-refractivity contribution in [3.05, 3.63) is 34.2 Å². The number of piperidine rings is 1. The van der Waals surface area contributed by atoms with Crippen LogP contribution in [0.25, 0.3) is 6.08 Å². The number of ether oxygens (including phenoxy) is 1. The number of carbonyl (C=O) groups is 2. The summed E-state index contributed by atoms with van der Waals surface area (Å²) in [4.78, 5) is 31.7. The molecule has 1 aromatic carbocycles. The van der Waals surface area contributed by atoms with Crippen LogP contribution in [0.3, 0.4) is 0 Å². The number of anilines is 1. The maximum atomic E-state index is 13.3. The lowest BCUT2D eigenvalue weighted by Gasteiger charge is -2.34. The van der Waals surface area contributed by atoms with Crippen molar-refractivity contribution >= 4 is 39.4 Å². The minimum absolute atomic E-state index is 0.00449. The number of amides is 2. The maximum Gasteiger partial charge on any atom is 0.389 e. The average molecular weight is 671 g/mol. The van der Waals surface area contributed by atoms with Crippen molar-refractivity contribution in [1.29, 1.82) is 0 Å². The molecule has 2 N–H and O–H groups in total. The van der Waals surface area contributed by atoms with E-state index in [2.05, 4.69) is 5.32 Å². The summed E-state index contributed by atoms with van der Waals surface area (Å²) in [5.74, 6) is 0.204. The number of aliphatic hydroxyl groups is 1. The number of halogens is 3. The Morgan fingerprint density at radius 1 is 1.15 bits per heavy atom. The Morgan fingerprint density at radius 3 is 2.35 bits per heavy atom. The largest absolute Gasteiger partial charge is 0.394 e. The Morgan fingerprint density at radius 2 is 1.78 bits per heavy atom. The summed E-state index contributed by atoms with van der Waals surface area (Å²) < 4.78 is 71.1. The first-order chi connectivity index (χ1) is 21.6. The Balaban J connectivity index is 1.36. The van der Waals surface area contributed by atoms with Crippen molar-refractivity contribution in [2.24, 2.45) is 16.8 Å². The minimum atomic E-state index is -4.15. The highest BCUT2D eigenvalue weighted by atomic mass is 32.2. The van der Waals surface area contributed by atoms with Gasteiger partial charge < -0.3 is 20.1 Å². The van der Waals surface area contributed by atoms with Crippen LogP contribution >= 0.6 is 0 Å². The number of aryl methyl sites for hydroxylation is 2. The van der Waals surface area contributed by atoms with E-state index in [9.17, 15) is 31.2 Å². The van der Waals surface area contributed by atoms with Crippen LogP contribution in [0.1, 0.15) is 75.0 Å². The molecule has 0 atom stereocenters. The number of aliphatic hydroxyl groups excluding tert-OH is 1. The molecule has 1 aromatic rings. The van der Waals surface area contributed by atoms with Crippen LogP contribution in [-0.2, 0) is 24.3 Å². The third-order valence-corrected chi connectivity index (χ3v) is 10.9. The number of nitrogens with zero attached hydrogens (tertiary/aromatic N) is 3. The van der Waals surface area contributed by atoms with E-state index in [1.807, 2.05) is 26.0 Å². The van der Waals surface area contributed by atoms with Crippen molar-refractivity contribution in [1.82, 2.24) is 9.62 Å². The predicted octanol–water partition coefficient (Wildman–Crippen LogP) is 4.48. The summed E-state index contributed by atoms with van der Waals surface area (Å²) in [6.07, 6.45) is -0.0702. The Labute approximate surface area is 269 Å². The van der Waals surface area contributed by atoms with Crippen molar-refractivity contribution in [3.8, 4) is 0 Å². The molecule has 14 heteroatoms. The Kier molecular flexibility index (Phi) is 11.7. The number of carbonyl (C=O) groups excluding carboxylic acids is 2. The molecule has 10 nitrogen and oxygen atoms in total. The van der Waals surface area contributed by atoms with Gasteiger partial charge in [0, 0.05) is 50.0 Å². The van der Waals surface area contributed by atoms with E-state index in [-0.39, 0.29) is 75.8 Å². The number of aliphatic imine (C=N–C) groups is 1. The number of rotatable bonds is 12. The second-order valence-electron chi connectivity index (χ2n) is 12.6. The summed E-state index contributed by atoms with van der Waals surface area (Å²) in [6, 6.07) is 3.64. The first-order valence-electron chi connectivity index (χ1n) is 15.9. The Bertz CT molecular complexity index is 1410. The Hall–Kier alpha value is -2.81. The molecule has 3 aliphatic rings. The van der Waals surface area contributed by atoms with Gasteiger partial charge in [-0.3, -0.25) is 14.6 Å². The van der Waals surface area contributed by atoms with E-state index in [1.165, 1.54) is 16.6 Å². The lowest BCUT2D eigenvalue weighted by atomic mass is 9.79. The van der Waals surface area contributed by atoms with Crippen molar-refractivity contribution < 1.29 is 41.0 Å². The highest BCUT2D eigenvalue weighted by molar-refractivity contribution is 7.92. The van der Waals surface area contributed by atoms with Gasteiger partial charge in [-0.2, -0.15) is 17.5 Å². The second-order valence-corrected chi connectivity index (χ2v) is 14.4. The molecule has 0 unspecified atom stereocenters. The molecule has 256 valence electrons. The fraction of sp³-hybridized carbons (Fsp3) is 0.656. The summed E-state index contributed by atoms with van der Waals surface area (Å²) in [7, 11) is -3.80. The van der Waals surface area contributed by atoms with E-state index in [1.54, 1.807) is 11.0 Å². The van der Waals surface area contributed by atoms with Gasteiger partial charge in [-0.15, -0.1) is 0 Å². The van der Waals surface area contributed by atoms with Crippen molar-refractivity contribution in [3.63, 3.8) is 0 Å². The molecule has 1 aliphatic carbocycles. The quantitative estimate of drug-likeness (QED) is 0.316. The van der Waals surface area contributed by atoms with Crippen LogP contribution in [0, 0.1) is 25.7 Å². The van der Waals surface area contributed by atoms with Crippen LogP contribution < -0.4 is 10.2 Å². The third kappa shape index (κ3) is 8.96. The molecule has 2 fully saturated rings. The van der Waals surface area contributed by atoms with Gasteiger partial charge in [0.05, 0.1) is 19.8 Å². The van der Waals surface area contributed by atoms with Crippen LogP contribution in [0.4, 0.5) is 18.9 Å². The maximum absolute atomic E-state index is 13.3. The highest BCUT2D eigenvalue weighted by Gasteiger charge is 2.48. The number of hydrogen-bond acceptors (Lipinski definition) is 7. The van der Waals surface area contributed by atoms with Crippen molar-refractivity contribution in [2.75, 3.05) is 44.4 Å². The molecule has 1 saturated heterocycles. The average Bonchev–Trinajstić information content (AvgIpc) is 3.30. The van der Waals surface area contributed by atoms with Crippen LogP contribution in [0.15, 0.2) is 22.5 Å². The number of benzene rings is 1. The first kappa shape index (κ1) is 36.0. The normalized spacial score (nSPS) is 22.3. The predicted molar refractivity (Wildman–Crippen MR) is 170 cm³/mol. The van der Waals surface area contributed by atoms with Gasteiger partial charge >= 0.3 is 6.18 Å². The first-order valence-corrected chi connectivity index (χ1v) is 17.4. The fourth-order valence-corrected chi connectivity index (χ4v) is 7.85. The van der Waals surface area contributed by atoms with Gasteiger partial charge in [-0.1, -0.05) is 0 Å². The zero-order valence-corrected chi connectivity index (χ0v) is 27.6. The van der Waals surface area contributed by atoms with Crippen LogP contribution in [-0.4, -0.2) is 86.6 Å². The number of alkyl halides is 3. The molecular formula is C32H45F3N4O6S.